The van der Waals surface area contributed by atoms with Crippen LogP contribution in [0, 0.1) is 0 Å². The zero-order chi connectivity index (χ0) is 43.6. The summed E-state index contributed by atoms with van der Waals surface area (Å²) >= 11 is 0. The third kappa shape index (κ3) is 33.5. The first kappa shape index (κ1) is 56.9. The van der Waals surface area contributed by atoms with Crippen molar-refractivity contribution < 1.29 is 44.2 Å². The molecule has 1 heterocycles. The molecule has 9 heteroatoms. The van der Waals surface area contributed by atoms with E-state index in [-0.39, 0.29) is 19.2 Å². The number of hydrogen-bond acceptors (Lipinski definition) is 9. The monoisotopic (exact) mass is 855 g/mol. The molecule has 0 saturated carbocycles. The molecule has 1 fully saturated rings. The van der Waals surface area contributed by atoms with E-state index in [2.05, 4.69) is 26.0 Å². The number of aliphatic hydroxyl groups is 4. The first-order chi connectivity index (χ1) is 29.4. The fourth-order valence-corrected chi connectivity index (χ4v) is 8.14. The fraction of sp³-hybridized carbons (Fsp3) is 0.941. The molecule has 1 aliphatic heterocycles. The number of aliphatic hydroxyl groups excluding tert-OH is 4. The quantitative estimate of drug-likeness (QED) is 0.0268. The van der Waals surface area contributed by atoms with E-state index in [1.165, 1.54) is 193 Å². The SMILES string of the molecule is CCCCCCCC/C=C\CCCCCCCCCCCCOCC(COC1OC(CO)C(O)C(O)C1O)OC(=O)CCCCCCCCCCCCCCCCCCC. The molecule has 1 saturated heterocycles. The highest BCUT2D eigenvalue weighted by Gasteiger charge is 2.44. The third-order valence-electron chi connectivity index (χ3n) is 12.2. The normalized spacial score (nSPS) is 20.0. The molecular weight excluding hydrogens is 757 g/mol. The van der Waals surface area contributed by atoms with Gasteiger partial charge in [-0.2, -0.15) is 0 Å². The molecule has 6 atom stereocenters. The van der Waals surface area contributed by atoms with Gasteiger partial charge in [0.2, 0.25) is 0 Å². The van der Waals surface area contributed by atoms with E-state index in [9.17, 15) is 25.2 Å². The molecule has 4 N–H and O–H groups in total. The molecule has 356 valence electrons. The Kier molecular flexibility index (Phi) is 41.0. The fourth-order valence-electron chi connectivity index (χ4n) is 8.14. The summed E-state index contributed by atoms with van der Waals surface area (Å²) < 4.78 is 22.9. The van der Waals surface area contributed by atoms with Crippen LogP contribution >= 0.6 is 0 Å². The van der Waals surface area contributed by atoms with Gasteiger partial charge in [-0.3, -0.25) is 4.79 Å². The summed E-state index contributed by atoms with van der Waals surface area (Å²) in [6, 6.07) is 0. The van der Waals surface area contributed by atoms with E-state index >= 15 is 0 Å². The van der Waals surface area contributed by atoms with Gasteiger partial charge in [0.05, 0.1) is 19.8 Å². The molecule has 0 radical (unpaired) electrons. The van der Waals surface area contributed by atoms with Gasteiger partial charge in [-0.05, 0) is 38.5 Å². The highest BCUT2D eigenvalue weighted by molar-refractivity contribution is 5.69. The van der Waals surface area contributed by atoms with Crippen LogP contribution in [0.15, 0.2) is 12.2 Å². The lowest BCUT2D eigenvalue weighted by atomic mass is 9.99. The number of hydrogen-bond donors (Lipinski definition) is 4. The van der Waals surface area contributed by atoms with Gasteiger partial charge in [-0.1, -0.05) is 212 Å². The van der Waals surface area contributed by atoms with Crippen LogP contribution in [-0.4, -0.2) is 89.6 Å². The van der Waals surface area contributed by atoms with Gasteiger partial charge < -0.3 is 39.4 Å². The maximum absolute atomic E-state index is 12.8. The van der Waals surface area contributed by atoms with Crippen molar-refractivity contribution in [1.82, 2.24) is 0 Å². The molecular formula is C51H98O9. The van der Waals surface area contributed by atoms with E-state index < -0.39 is 43.4 Å². The largest absolute Gasteiger partial charge is 0.457 e. The van der Waals surface area contributed by atoms with Gasteiger partial charge in [-0.25, -0.2) is 0 Å². The van der Waals surface area contributed by atoms with E-state index in [0.29, 0.717) is 13.0 Å². The first-order valence-electron chi connectivity index (χ1n) is 25.8. The zero-order valence-electron chi connectivity index (χ0n) is 39.2. The average molecular weight is 855 g/mol. The van der Waals surface area contributed by atoms with E-state index in [0.717, 1.165) is 32.1 Å². The summed E-state index contributed by atoms with van der Waals surface area (Å²) in [6.07, 6.45) is 42.4. The predicted molar refractivity (Wildman–Crippen MR) is 247 cm³/mol. The first-order valence-corrected chi connectivity index (χ1v) is 25.8. The second kappa shape index (κ2) is 43.2. The number of unbranched alkanes of at least 4 members (excludes halogenated alkanes) is 32. The lowest BCUT2D eigenvalue weighted by Crippen LogP contribution is -2.59. The van der Waals surface area contributed by atoms with Crippen molar-refractivity contribution in [3.05, 3.63) is 12.2 Å². The lowest BCUT2D eigenvalue weighted by molar-refractivity contribution is -0.305. The molecule has 1 rings (SSSR count). The number of rotatable bonds is 45. The molecule has 0 spiro atoms. The van der Waals surface area contributed by atoms with Crippen LogP contribution in [-0.2, 0) is 23.7 Å². The van der Waals surface area contributed by atoms with Crippen molar-refractivity contribution >= 4 is 5.97 Å². The Morgan fingerprint density at radius 2 is 0.917 bits per heavy atom. The molecule has 60 heavy (non-hydrogen) atoms. The second-order valence-corrected chi connectivity index (χ2v) is 18.0. The zero-order valence-corrected chi connectivity index (χ0v) is 39.2. The molecule has 9 nitrogen and oxygen atoms in total. The Morgan fingerprint density at radius 1 is 0.517 bits per heavy atom. The molecule has 0 aromatic carbocycles. The van der Waals surface area contributed by atoms with Crippen LogP contribution in [0.2, 0.25) is 0 Å². The standard InChI is InChI=1S/C51H98O9/c1-3-5-7-9-11-13-15-17-19-21-22-23-25-27-29-31-33-35-37-39-41-57-43-45(44-58-51-50(56)49(55)48(54)46(42-52)60-51)59-47(53)40-38-36-34-32-30-28-26-24-20-18-16-14-12-10-8-6-4-2/h17,19,45-46,48-52,54-56H,3-16,18,20-44H2,1-2H3/b19-17-. The number of carbonyl (C=O) groups excluding carboxylic acids is 1. The van der Waals surface area contributed by atoms with Crippen molar-refractivity contribution in [3.8, 4) is 0 Å². The summed E-state index contributed by atoms with van der Waals surface area (Å²) in [7, 11) is 0. The van der Waals surface area contributed by atoms with Crippen molar-refractivity contribution in [2.75, 3.05) is 26.4 Å². The van der Waals surface area contributed by atoms with Crippen LogP contribution in [0.25, 0.3) is 0 Å². The summed E-state index contributed by atoms with van der Waals surface area (Å²) in [5.41, 5.74) is 0. The van der Waals surface area contributed by atoms with Crippen LogP contribution in [0.1, 0.15) is 245 Å². The van der Waals surface area contributed by atoms with Crippen molar-refractivity contribution in [1.29, 1.82) is 0 Å². The van der Waals surface area contributed by atoms with E-state index in [4.69, 9.17) is 18.9 Å². The topological polar surface area (TPSA) is 135 Å². The molecule has 0 aromatic heterocycles. The third-order valence-corrected chi connectivity index (χ3v) is 12.2. The van der Waals surface area contributed by atoms with Crippen LogP contribution in [0.5, 0.6) is 0 Å². The number of ether oxygens (including phenoxy) is 4. The highest BCUT2D eigenvalue weighted by atomic mass is 16.7. The molecule has 0 bridgehead atoms. The van der Waals surface area contributed by atoms with E-state index in [1.807, 2.05) is 0 Å². The number of esters is 1. The number of allylic oxidation sites excluding steroid dienone is 2. The summed E-state index contributed by atoms with van der Waals surface area (Å²) in [4.78, 5) is 12.8. The lowest BCUT2D eigenvalue weighted by Gasteiger charge is -2.39. The Bertz CT molecular complexity index is 930. The van der Waals surface area contributed by atoms with Crippen LogP contribution < -0.4 is 0 Å². The maximum atomic E-state index is 12.8. The summed E-state index contributed by atoms with van der Waals surface area (Å²) in [5, 5.41) is 40.2. The molecule has 0 amide bonds. The van der Waals surface area contributed by atoms with Gasteiger partial charge in [0.25, 0.3) is 0 Å². The predicted octanol–water partition coefficient (Wildman–Crippen LogP) is 12.4. The molecule has 1 aliphatic rings. The maximum Gasteiger partial charge on any atom is 0.306 e. The summed E-state index contributed by atoms with van der Waals surface area (Å²) in [5.74, 6) is -0.308. The summed E-state index contributed by atoms with van der Waals surface area (Å²) in [6.45, 7) is 4.60. The Morgan fingerprint density at radius 3 is 1.35 bits per heavy atom. The molecule has 0 aromatic rings. The van der Waals surface area contributed by atoms with Crippen molar-refractivity contribution in [2.45, 2.75) is 282 Å². The number of carbonyl (C=O) groups is 1. The Labute approximate surface area is 369 Å². The van der Waals surface area contributed by atoms with Crippen molar-refractivity contribution in [2.24, 2.45) is 0 Å². The minimum absolute atomic E-state index is 0.108. The van der Waals surface area contributed by atoms with E-state index in [1.54, 1.807) is 0 Å². The van der Waals surface area contributed by atoms with Gasteiger partial charge in [-0.15, -0.1) is 0 Å². The Hall–Kier alpha value is -1.07. The van der Waals surface area contributed by atoms with Gasteiger partial charge in [0.1, 0.15) is 30.5 Å². The van der Waals surface area contributed by atoms with Crippen molar-refractivity contribution in [3.63, 3.8) is 0 Å². The average Bonchev–Trinajstić information content (AvgIpc) is 3.25. The van der Waals surface area contributed by atoms with Crippen LogP contribution in [0.3, 0.4) is 0 Å². The van der Waals surface area contributed by atoms with Gasteiger partial charge in [0.15, 0.2) is 6.29 Å². The highest BCUT2D eigenvalue weighted by Crippen LogP contribution is 2.23. The second-order valence-electron chi connectivity index (χ2n) is 18.0. The molecule has 6 unspecified atom stereocenters. The van der Waals surface area contributed by atoms with Crippen LogP contribution in [0.4, 0.5) is 0 Å². The minimum Gasteiger partial charge on any atom is -0.457 e. The van der Waals surface area contributed by atoms with Gasteiger partial charge >= 0.3 is 5.97 Å². The van der Waals surface area contributed by atoms with Gasteiger partial charge in [0, 0.05) is 13.0 Å². The molecule has 0 aliphatic carbocycles. The minimum atomic E-state index is -1.53. The smallest absolute Gasteiger partial charge is 0.306 e. The Balaban J connectivity index is 2.19.